The number of thioether (sulfide) groups is 1. The highest BCUT2D eigenvalue weighted by Crippen LogP contribution is 2.31. The van der Waals surface area contributed by atoms with Crippen molar-refractivity contribution in [1.29, 1.82) is 0 Å². The van der Waals surface area contributed by atoms with Gasteiger partial charge in [-0.25, -0.2) is 0 Å². The van der Waals surface area contributed by atoms with Crippen LogP contribution < -0.4 is 5.32 Å². The lowest BCUT2D eigenvalue weighted by Gasteiger charge is -2.10. The van der Waals surface area contributed by atoms with Gasteiger partial charge >= 0.3 is 0 Å². The van der Waals surface area contributed by atoms with Crippen molar-refractivity contribution in [3.8, 4) is 16.4 Å². The standard InChI is InChI=1S/C20H14Cl2N4OS2/c21-13-3-7-15(8-4-13)23-18(27)12-29-20-25-24-19(17-2-1-11-28-17)26(20)16-9-5-14(22)6-10-16/h1-11H,12H2,(H,23,27). The maximum atomic E-state index is 12.4. The van der Waals surface area contributed by atoms with Gasteiger partial charge < -0.3 is 5.32 Å². The Balaban J connectivity index is 1.56. The molecule has 0 unspecified atom stereocenters. The minimum absolute atomic E-state index is 0.138. The average molecular weight is 461 g/mol. The minimum atomic E-state index is -0.138. The van der Waals surface area contributed by atoms with Gasteiger partial charge in [-0.05, 0) is 60.0 Å². The monoisotopic (exact) mass is 460 g/mol. The number of carbonyl (C=O) groups excluding carboxylic acids is 1. The molecule has 0 radical (unpaired) electrons. The van der Waals surface area contributed by atoms with Crippen LogP contribution in [0.15, 0.2) is 71.2 Å². The van der Waals surface area contributed by atoms with E-state index in [1.54, 1.807) is 35.6 Å². The zero-order chi connectivity index (χ0) is 20.2. The molecule has 0 saturated carbocycles. The summed E-state index contributed by atoms with van der Waals surface area (Å²) in [6, 6.07) is 18.4. The summed E-state index contributed by atoms with van der Waals surface area (Å²) in [7, 11) is 0. The van der Waals surface area contributed by atoms with Gasteiger partial charge in [-0.1, -0.05) is 41.0 Å². The Labute approximate surface area is 185 Å². The van der Waals surface area contributed by atoms with Crippen molar-refractivity contribution in [2.24, 2.45) is 0 Å². The summed E-state index contributed by atoms with van der Waals surface area (Å²) in [5.41, 5.74) is 1.57. The molecule has 1 N–H and O–H groups in total. The first-order valence-corrected chi connectivity index (χ1v) is 11.2. The number of thiophene rings is 1. The topological polar surface area (TPSA) is 59.8 Å². The molecule has 4 rings (SSSR count). The second-order valence-corrected chi connectivity index (χ2v) is 8.70. The molecule has 146 valence electrons. The fraction of sp³-hybridized carbons (Fsp3) is 0.0500. The molecule has 0 aliphatic carbocycles. The molecule has 0 spiro atoms. The van der Waals surface area contributed by atoms with Crippen LogP contribution in [0.5, 0.6) is 0 Å². The lowest BCUT2D eigenvalue weighted by Crippen LogP contribution is -2.14. The van der Waals surface area contributed by atoms with E-state index in [9.17, 15) is 4.79 Å². The van der Waals surface area contributed by atoms with Crippen LogP contribution in [0.4, 0.5) is 5.69 Å². The maximum Gasteiger partial charge on any atom is 0.234 e. The maximum absolute atomic E-state index is 12.4. The molecule has 0 fully saturated rings. The minimum Gasteiger partial charge on any atom is -0.325 e. The molecule has 0 aliphatic rings. The lowest BCUT2D eigenvalue weighted by molar-refractivity contribution is -0.113. The van der Waals surface area contributed by atoms with E-state index in [4.69, 9.17) is 23.2 Å². The molecule has 0 atom stereocenters. The molecule has 5 nitrogen and oxygen atoms in total. The third kappa shape index (κ3) is 4.82. The normalized spacial score (nSPS) is 10.8. The average Bonchev–Trinajstić information content (AvgIpc) is 3.38. The first-order valence-electron chi connectivity index (χ1n) is 8.53. The smallest absolute Gasteiger partial charge is 0.234 e. The van der Waals surface area contributed by atoms with E-state index in [0.717, 1.165) is 16.4 Å². The second-order valence-electron chi connectivity index (χ2n) is 5.94. The van der Waals surface area contributed by atoms with Crippen molar-refractivity contribution in [2.75, 3.05) is 11.1 Å². The highest BCUT2D eigenvalue weighted by Gasteiger charge is 2.18. The number of benzene rings is 2. The Morgan fingerprint density at radius 3 is 2.34 bits per heavy atom. The molecule has 0 bridgehead atoms. The molecular formula is C20H14Cl2N4OS2. The molecular weight excluding hydrogens is 447 g/mol. The summed E-state index contributed by atoms with van der Waals surface area (Å²) < 4.78 is 1.93. The number of nitrogens with one attached hydrogen (secondary N) is 1. The Bertz CT molecular complexity index is 1110. The molecule has 29 heavy (non-hydrogen) atoms. The first kappa shape index (κ1) is 20.0. The molecule has 2 heterocycles. The fourth-order valence-electron chi connectivity index (χ4n) is 2.61. The van der Waals surface area contributed by atoms with E-state index < -0.39 is 0 Å². The third-order valence-electron chi connectivity index (χ3n) is 3.92. The number of aromatic nitrogens is 3. The Morgan fingerprint density at radius 1 is 1.00 bits per heavy atom. The Morgan fingerprint density at radius 2 is 1.69 bits per heavy atom. The summed E-state index contributed by atoms with van der Waals surface area (Å²) in [6.45, 7) is 0. The molecule has 2 aromatic carbocycles. The van der Waals surface area contributed by atoms with Crippen LogP contribution in [0.25, 0.3) is 16.4 Å². The highest BCUT2D eigenvalue weighted by molar-refractivity contribution is 7.99. The molecule has 2 aromatic heterocycles. The SMILES string of the molecule is O=C(CSc1nnc(-c2cccs2)n1-c1ccc(Cl)cc1)Nc1ccc(Cl)cc1. The third-order valence-corrected chi connectivity index (χ3v) is 6.22. The van der Waals surface area contributed by atoms with Gasteiger partial charge in [0, 0.05) is 21.4 Å². The van der Waals surface area contributed by atoms with E-state index in [-0.39, 0.29) is 11.7 Å². The van der Waals surface area contributed by atoms with Gasteiger partial charge in [-0.3, -0.25) is 9.36 Å². The van der Waals surface area contributed by atoms with Crippen LogP contribution in [0.3, 0.4) is 0 Å². The van der Waals surface area contributed by atoms with Crippen molar-refractivity contribution >= 4 is 57.9 Å². The summed E-state index contributed by atoms with van der Waals surface area (Å²) in [6.07, 6.45) is 0. The van der Waals surface area contributed by atoms with Gasteiger partial charge in [0.25, 0.3) is 0 Å². The van der Waals surface area contributed by atoms with Crippen LogP contribution in [-0.4, -0.2) is 26.4 Å². The number of amides is 1. The molecule has 0 saturated heterocycles. The van der Waals surface area contributed by atoms with E-state index >= 15 is 0 Å². The molecule has 0 aliphatic heterocycles. The number of anilines is 1. The van der Waals surface area contributed by atoms with Crippen LogP contribution in [0.1, 0.15) is 0 Å². The number of hydrogen-bond donors (Lipinski definition) is 1. The Hall–Kier alpha value is -2.32. The number of halogens is 2. The van der Waals surface area contributed by atoms with Crippen molar-refractivity contribution in [1.82, 2.24) is 14.8 Å². The van der Waals surface area contributed by atoms with Crippen molar-refractivity contribution in [3.63, 3.8) is 0 Å². The predicted molar refractivity (Wildman–Crippen MR) is 120 cm³/mol. The van der Waals surface area contributed by atoms with E-state index in [1.807, 2.05) is 46.3 Å². The number of nitrogens with zero attached hydrogens (tertiary/aromatic N) is 3. The van der Waals surface area contributed by atoms with Crippen LogP contribution in [0, 0.1) is 0 Å². The van der Waals surface area contributed by atoms with E-state index in [2.05, 4.69) is 15.5 Å². The highest BCUT2D eigenvalue weighted by atomic mass is 35.5. The Kier molecular flexibility index (Phi) is 6.20. The van der Waals surface area contributed by atoms with Gasteiger partial charge in [0.15, 0.2) is 11.0 Å². The van der Waals surface area contributed by atoms with Crippen LogP contribution >= 0.6 is 46.3 Å². The quantitative estimate of drug-likeness (QED) is 0.356. The first-order chi connectivity index (χ1) is 14.1. The van der Waals surface area contributed by atoms with Crippen LogP contribution in [0.2, 0.25) is 10.0 Å². The van der Waals surface area contributed by atoms with E-state index in [0.29, 0.717) is 20.9 Å². The predicted octanol–water partition coefficient (Wildman–Crippen LogP) is 6.03. The second kappa shape index (κ2) is 9.00. The summed E-state index contributed by atoms with van der Waals surface area (Å²) in [5.74, 6) is 0.780. The van der Waals surface area contributed by atoms with Gasteiger partial charge in [0.2, 0.25) is 5.91 Å². The van der Waals surface area contributed by atoms with Crippen molar-refractivity contribution in [3.05, 3.63) is 76.1 Å². The largest absolute Gasteiger partial charge is 0.325 e. The molecule has 9 heteroatoms. The summed E-state index contributed by atoms with van der Waals surface area (Å²) >= 11 is 14.8. The molecule has 1 amide bonds. The number of rotatable bonds is 6. The number of hydrogen-bond acceptors (Lipinski definition) is 5. The number of carbonyl (C=O) groups is 1. The van der Waals surface area contributed by atoms with Gasteiger partial charge in [0.1, 0.15) is 0 Å². The van der Waals surface area contributed by atoms with Gasteiger partial charge in [-0.15, -0.1) is 21.5 Å². The van der Waals surface area contributed by atoms with E-state index in [1.165, 1.54) is 11.8 Å². The van der Waals surface area contributed by atoms with Crippen molar-refractivity contribution in [2.45, 2.75) is 5.16 Å². The summed E-state index contributed by atoms with van der Waals surface area (Å²) in [4.78, 5) is 13.4. The molecule has 4 aromatic rings. The zero-order valence-corrected chi connectivity index (χ0v) is 18.0. The van der Waals surface area contributed by atoms with Crippen LogP contribution in [-0.2, 0) is 4.79 Å². The van der Waals surface area contributed by atoms with Gasteiger partial charge in [-0.2, -0.15) is 0 Å². The summed E-state index contributed by atoms with van der Waals surface area (Å²) in [5, 5.41) is 15.4. The fourth-order valence-corrected chi connectivity index (χ4v) is 4.31. The zero-order valence-electron chi connectivity index (χ0n) is 14.9. The van der Waals surface area contributed by atoms with Crippen molar-refractivity contribution < 1.29 is 4.79 Å². The van der Waals surface area contributed by atoms with Gasteiger partial charge in [0.05, 0.1) is 10.6 Å². The lowest BCUT2D eigenvalue weighted by atomic mass is 10.3.